The molecule has 0 spiro atoms. The topological polar surface area (TPSA) is 78.3 Å². The maximum atomic E-state index is 12.6. The minimum absolute atomic E-state index is 0.115. The zero-order valence-corrected chi connectivity index (χ0v) is 16.4. The maximum Gasteiger partial charge on any atom is 0.305 e. The standard InChI is InChI=1S/C16H24N2O4SSi/c1-22-16(19)8-6-13-5-7-15-14(11-13)12-17-18(15)23(20,21)9-10-24(2,3)4/h5,7,11-12H,6,8-10H2,1-4H3. The second kappa shape index (κ2) is 7.06. The molecule has 0 saturated heterocycles. The molecule has 0 amide bonds. The molecule has 0 fully saturated rings. The van der Waals surface area contributed by atoms with Gasteiger partial charge in [0, 0.05) is 19.9 Å². The van der Waals surface area contributed by atoms with Crippen LogP contribution in [0.15, 0.2) is 24.4 Å². The molecule has 2 aromatic rings. The van der Waals surface area contributed by atoms with Gasteiger partial charge in [0.25, 0.3) is 10.0 Å². The Hall–Kier alpha value is -1.67. The van der Waals surface area contributed by atoms with Crippen LogP contribution in [0.4, 0.5) is 0 Å². The maximum absolute atomic E-state index is 12.6. The van der Waals surface area contributed by atoms with Gasteiger partial charge in [-0.2, -0.15) is 9.19 Å². The molecule has 0 radical (unpaired) electrons. The summed E-state index contributed by atoms with van der Waals surface area (Å²) in [5.41, 5.74) is 1.53. The zero-order valence-electron chi connectivity index (χ0n) is 14.6. The predicted molar refractivity (Wildman–Crippen MR) is 97.4 cm³/mol. The lowest BCUT2D eigenvalue weighted by Crippen LogP contribution is -2.27. The molecule has 0 unspecified atom stereocenters. The van der Waals surface area contributed by atoms with Crippen molar-refractivity contribution in [2.75, 3.05) is 12.9 Å². The van der Waals surface area contributed by atoms with Crippen LogP contribution in [-0.2, 0) is 26.0 Å². The number of aryl methyl sites for hydroxylation is 1. The molecule has 24 heavy (non-hydrogen) atoms. The fourth-order valence-corrected chi connectivity index (χ4v) is 6.62. The van der Waals surface area contributed by atoms with Crippen LogP contribution >= 0.6 is 0 Å². The van der Waals surface area contributed by atoms with E-state index in [9.17, 15) is 13.2 Å². The molecular weight excluding hydrogens is 344 g/mol. The number of fused-ring (bicyclic) bond motifs is 1. The number of aromatic nitrogens is 2. The highest BCUT2D eigenvalue weighted by molar-refractivity contribution is 7.90. The zero-order chi connectivity index (χ0) is 18.0. The van der Waals surface area contributed by atoms with Crippen LogP contribution in [0.2, 0.25) is 25.7 Å². The highest BCUT2D eigenvalue weighted by Crippen LogP contribution is 2.20. The fourth-order valence-electron chi connectivity index (χ4n) is 2.31. The summed E-state index contributed by atoms with van der Waals surface area (Å²) in [6, 6.07) is 6.15. The molecule has 0 aliphatic carbocycles. The van der Waals surface area contributed by atoms with E-state index in [2.05, 4.69) is 29.5 Å². The van der Waals surface area contributed by atoms with Crippen molar-refractivity contribution < 1.29 is 17.9 Å². The van der Waals surface area contributed by atoms with E-state index in [1.54, 1.807) is 12.3 Å². The van der Waals surface area contributed by atoms with Gasteiger partial charge in [0.2, 0.25) is 0 Å². The summed E-state index contributed by atoms with van der Waals surface area (Å²) in [6.07, 6.45) is 2.41. The highest BCUT2D eigenvalue weighted by Gasteiger charge is 2.22. The molecule has 2 rings (SSSR count). The van der Waals surface area contributed by atoms with E-state index in [0.717, 1.165) is 15.0 Å². The number of methoxy groups -OCH3 is 1. The van der Waals surface area contributed by atoms with Crippen molar-refractivity contribution in [1.82, 2.24) is 9.19 Å². The first kappa shape index (κ1) is 18.7. The van der Waals surface area contributed by atoms with Gasteiger partial charge in [-0.05, 0) is 30.2 Å². The van der Waals surface area contributed by atoms with Gasteiger partial charge in [0.05, 0.1) is 24.6 Å². The number of hydrogen-bond donors (Lipinski definition) is 0. The van der Waals surface area contributed by atoms with Crippen molar-refractivity contribution in [3.63, 3.8) is 0 Å². The van der Waals surface area contributed by atoms with Gasteiger partial charge in [0.1, 0.15) is 0 Å². The Kier molecular flexibility index (Phi) is 5.49. The summed E-state index contributed by atoms with van der Waals surface area (Å²) in [4.78, 5) is 11.2. The summed E-state index contributed by atoms with van der Waals surface area (Å²) in [5, 5.41) is 4.83. The number of ether oxygens (including phenoxy) is 1. The summed E-state index contributed by atoms with van der Waals surface area (Å²) in [7, 11) is -3.54. The van der Waals surface area contributed by atoms with Gasteiger partial charge in [-0.15, -0.1) is 0 Å². The minimum Gasteiger partial charge on any atom is -0.469 e. The Balaban J connectivity index is 2.23. The molecule has 0 atom stereocenters. The smallest absolute Gasteiger partial charge is 0.305 e. The Morgan fingerprint density at radius 2 is 2.00 bits per heavy atom. The molecule has 0 N–H and O–H groups in total. The summed E-state index contributed by atoms with van der Waals surface area (Å²) in [6.45, 7) is 6.45. The lowest BCUT2D eigenvalue weighted by atomic mass is 10.1. The predicted octanol–water partition coefficient (Wildman–Crippen LogP) is 2.66. The van der Waals surface area contributed by atoms with Crippen molar-refractivity contribution in [3.8, 4) is 0 Å². The number of carbonyl (C=O) groups excluding carboxylic acids is 1. The van der Waals surface area contributed by atoms with Crippen LogP contribution in [0.3, 0.4) is 0 Å². The first-order valence-corrected chi connectivity index (χ1v) is 13.2. The third-order valence-corrected chi connectivity index (χ3v) is 7.47. The molecule has 0 aliphatic heterocycles. The van der Waals surface area contributed by atoms with E-state index < -0.39 is 18.1 Å². The molecule has 1 aromatic heterocycles. The first-order chi connectivity index (χ1) is 11.1. The van der Waals surface area contributed by atoms with Crippen molar-refractivity contribution in [1.29, 1.82) is 0 Å². The highest BCUT2D eigenvalue weighted by atomic mass is 32.2. The molecule has 1 heterocycles. The van der Waals surface area contributed by atoms with E-state index in [1.807, 2.05) is 12.1 Å². The number of esters is 1. The number of hydrogen-bond acceptors (Lipinski definition) is 5. The third kappa shape index (κ3) is 4.67. The van der Waals surface area contributed by atoms with Crippen molar-refractivity contribution >= 4 is 35.0 Å². The van der Waals surface area contributed by atoms with Crippen molar-refractivity contribution in [2.24, 2.45) is 0 Å². The van der Waals surface area contributed by atoms with Crippen LogP contribution in [-0.4, -0.2) is 44.5 Å². The molecular formula is C16H24N2O4SSi. The Labute approximate surface area is 143 Å². The first-order valence-electron chi connectivity index (χ1n) is 7.89. The van der Waals surface area contributed by atoms with Gasteiger partial charge in [-0.3, -0.25) is 4.79 Å². The quantitative estimate of drug-likeness (QED) is 0.554. The number of carbonyl (C=O) groups is 1. The average molecular weight is 369 g/mol. The number of nitrogens with zero attached hydrogens (tertiary/aromatic N) is 2. The summed E-state index contributed by atoms with van der Waals surface area (Å²) >= 11 is 0. The van der Waals surface area contributed by atoms with Gasteiger partial charge in [-0.1, -0.05) is 25.7 Å². The van der Waals surface area contributed by atoms with Crippen LogP contribution < -0.4 is 0 Å². The van der Waals surface area contributed by atoms with Crippen molar-refractivity contribution in [3.05, 3.63) is 30.0 Å². The molecule has 6 nitrogen and oxygen atoms in total. The molecule has 8 heteroatoms. The van der Waals surface area contributed by atoms with E-state index in [0.29, 0.717) is 24.4 Å². The van der Waals surface area contributed by atoms with E-state index in [-0.39, 0.29) is 11.7 Å². The second-order valence-electron chi connectivity index (χ2n) is 7.08. The van der Waals surface area contributed by atoms with Gasteiger partial charge < -0.3 is 4.74 Å². The van der Waals surface area contributed by atoms with E-state index in [1.165, 1.54) is 7.11 Å². The Bertz CT molecular complexity index is 837. The normalized spacial score (nSPS) is 12.5. The summed E-state index contributed by atoms with van der Waals surface area (Å²) < 4.78 is 30.9. The Morgan fingerprint density at radius 1 is 1.29 bits per heavy atom. The van der Waals surface area contributed by atoms with E-state index >= 15 is 0 Å². The van der Waals surface area contributed by atoms with E-state index in [4.69, 9.17) is 0 Å². The third-order valence-electron chi connectivity index (χ3n) is 3.82. The fraction of sp³-hybridized carbons (Fsp3) is 0.500. The number of benzene rings is 1. The van der Waals surface area contributed by atoms with Crippen LogP contribution in [0.5, 0.6) is 0 Å². The van der Waals surface area contributed by atoms with Gasteiger partial charge in [-0.25, -0.2) is 8.42 Å². The van der Waals surface area contributed by atoms with Crippen molar-refractivity contribution in [2.45, 2.75) is 38.5 Å². The van der Waals surface area contributed by atoms with Gasteiger partial charge >= 0.3 is 5.97 Å². The van der Waals surface area contributed by atoms with Crippen LogP contribution in [0.25, 0.3) is 10.9 Å². The van der Waals surface area contributed by atoms with Gasteiger partial charge in [0.15, 0.2) is 0 Å². The molecule has 0 bridgehead atoms. The van der Waals surface area contributed by atoms with Crippen LogP contribution in [0.1, 0.15) is 12.0 Å². The minimum atomic E-state index is -3.45. The second-order valence-corrected chi connectivity index (χ2v) is 14.6. The molecule has 132 valence electrons. The monoisotopic (exact) mass is 368 g/mol. The van der Waals surface area contributed by atoms with Crippen LogP contribution in [0, 0.1) is 0 Å². The Morgan fingerprint density at radius 3 is 2.62 bits per heavy atom. The molecule has 1 aromatic carbocycles. The summed E-state index contributed by atoms with van der Waals surface area (Å²) in [5.74, 6) is -0.149. The average Bonchev–Trinajstić information content (AvgIpc) is 2.94. The number of rotatable bonds is 7. The molecule has 0 aliphatic rings. The lowest BCUT2D eigenvalue weighted by molar-refractivity contribution is -0.140. The lowest BCUT2D eigenvalue weighted by Gasteiger charge is -2.15. The largest absolute Gasteiger partial charge is 0.469 e. The SMILES string of the molecule is COC(=O)CCc1ccc2c(cnn2S(=O)(=O)CC[Si](C)(C)C)c1. The molecule has 0 saturated carbocycles.